The number of nitrogens with zero attached hydrogens (tertiary/aromatic N) is 2. The number of nitrogens with one attached hydrogen (secondary N) is 1. The van der Waals surface area contributed by atoms with Gasteiger partial charge < -0.3 is 4.98 Å². The van der Waals surface area contributed by atoms with Crippen LogP contribution in [-0.2, 0) is 6.54 Å². The molecule has 4 heteroatoms. The summed E-state index contributed by atoms with van der Waals surface area (Å²) in [5.41, 5.74) is 5.50. The number of Topliss-reactive ketones (excluding diaryl/α,β-unsaturated/α-hetero) is 1. The lowest BCUT2D eigenvalue weighted by molar-refractivity contribution is 0.100. The monoisotopic (exact) mass is 307 g/mol. The van der Waals surface area contributed by atoms with Crippen LogP contribution in [0.4, 0.5) is 0 Å². The third-order valence-corrected chi connectivity index (χ3v) is 5.71. The molecule has 0 saturated heterocycles. The number of hydrogen-bond donors (Lipinski definition) is 1. The molecular formula is C19H21N3O. The van der Waals surface area contributed by atoms with Gasteiger partial charge >= 0.3 is 0 Å². The molecule has 118 valence electrons. The van der Waals surface area contributed by atoms with Crippen molar-refractivity contribution >= 4 is 22.4 Å². The lowest BCUT2D eigenvalue weighted by Gasteiger charge is -2.37. The quantitative estimate of drug-likeness (QED) is 0.878. The number of aromatic amines is 1. The van der Waals surface area contributed by atoms with Crippen LogP contribution < -0.4 is 0 Å². The second kappa shape index (κ2) is 5.03. The summed E-state index contributed by atoms with van der Waals surface area (Å²) < 4.78 is 0. The molecule has 23 heavy (non-hydrogen) atoms. The van der Waals surface area contributed by atoms with E-state index in [1.54, 1.807) is 0 Å². The zero-order valence-corrected chi connectivity index (χ0v) is 13.3. The Kier molecular flexibility index (Phi) is 2.95. The minimum absolute atomic E-state index is 0.142. The zero-order valence-electron chi connectivity index (χ0n) is 13.3. The number of H-pyrrole nitrogens is 1. The van der Waals surface area contributed by atoms with Crippen LogP contribution in [0.15, 0.2) is 23.2 Å². The van der Waals surface area contributed by atoms with Crippen molar-refractivity contribution in [2.24, 2.45) is 4.99 Å². The van der Waals surface area contributed by atoms with Crippen molar-refractivity contribution in [2.75, 3.05) is 13.1 Å². The van der Waals surface area contributed by atoms with Crippen LogP contribution in [0, 0.1) is 0 Å². The van der Waals surface area contributed by atoms with E-state index in [1.807, 2.05) is 12.1 Å². The van der Waals surface area contributed by atoms with Gasteiger partial charge in [-0.3, -0.25) is 14.7 Å². The molecule has 2 aromatic rings. The summed E-state index contributed by atoms with van der Waals surface area (Å²) >= 11 is 0. The Morgan fingerprint density at radius 2 is 2.00 bits per heavy atom. The van der Waals surface area contributed by atoms with Crippen LogP contribution in [0.3, 0.4) is 0 Å². The molecule has 1 aliphatic carbocycles. The SMILES string of the molecule is O=C1CN=C2CN(C3CCCCC3)Cc3[nH]c4cccc1c4c32. The van der Waals surface area contributed by atoms with E-state index in [2.05, 4.69) is 16.0 Å². The van der Waals surface area contributed by atoms with Gasteiger partial charge in [0.2, 0.25) is 0 Å². The van der Waals surface area contributed by atoms with Crippen molar-refractivity contribution in [1.29, 1.82) is 0 Å². The van der Waals surface area contributed by atoms with E-state index >= 15 is 0 Å². The van der Waals surface area contributed by atoms with Crippen molar-refractivity contribution in [1.82, 2.24) is 9.88 Å². The van der Waals surface area contributed by atoms with Crippen molar-refractivity contribution in [2.45, 2.75) is 44.7 Å². The number of carbonyl (C=O) groups excluding carboxylic acids is 1. The average Bonchev–Trinajstić information content (AvgIpc) is 2.91. The molecule has 1 aromatic heterocycles. The highest BCUT2D eigenvalue weighted by Gasteiger charge is 2.33. The van der Waals surface area contributed by atoms with E-state index in [1.165, 1.54) is 43.4 Å². The van der Waals surface area contributed by atoms with Gasteiger partial charge in [-0.15, -0.1) is 0 Å². The highest BCUT2D eigenvalue weighted by atomic mass is 16.1. The first kappa shape index (κ1) is 13.5. The summed E-state index contributed by atoms with van der Waals surface area (Å²) in [5, 5.41) is 1.10. The van der Waals surface area contributed by atoms with Crippen molar-refractivity contribution < 1.29 is 4.79 Å². The number of benzene rings is 1. The molecule has 0 atom stereocenters. The predicted octanol–water partition coefficient (Wildman–Crippen LogP) is 3.30. The van der Waals surface area contributed by atoms with Gasteiger partial charge in [0.1, 0.15) is 6.54 Å². The van der Waals surface area contributed by atoms with E-state index in [9.17, 15) is 4.79 Å². The molecule has 0 bridgehead atoms. The summed E-state index contributed by atoms with van der Waals surface area (Å²) in [4.78, 5) is 23.3. The van der Waals surface area contributed by atoms with Gasteiger partial charge in [0, 0.05) is 46.9 Å². The molecule has 0 radical (unpaired) electrons. The maximum Gasteiger partial charge on any atom is 0.184 e. The van der Waals surface area contributed by atoms with Gasteiger partial charge in [0.05, 0.1) is 5.71 Å². The van der Waals surface area contributed by atoms with Crippen LogP contribution in [0.1, 0.15) is 53.7 Å². The smallest absolute Gasteiger partial charge is 0.184 e. The minimum atomic E-state index is 0.142. The van der Waals surface area contributed by atoms with E-state index in [0.29, 0.717) is 12.6 Å². The van der Waals surface area contributed by atoms with Crippen LogP contribution in [0.25, 0.3) is 10.9 Å². The predicted molar refractivity (Wildman–Crippen MR) is 91.3 cm³/mol. The fourth-order valence-electron chi connectivity index (χ4n) is 4.59. The molecular weight excluding hydrogens is 286 g/mol. The number of aliphatic imine (C=N–C) groups is 1. The number of hydrogen-bond acceptors (Lipinski definition) is 3. The summed E-state index contributed by atoms with van der Waals surface area (Å²) in [6.45, 7) is 2.15. The second-order valence-electron chi connectivity index (χ2n) is 7.09. The molecule has 1 aromatic carbocycles. The second-order valence-corrected chi connectivity index (χ2v) is 7.09. The first-order valence-corrected chi connectivity index (χ1v) is 8.76. The van der Waals surface area contributed by atoms with Gasteiger partial charge in [0.15, 0.2) is 5.78 Å². The Labute approximate surface area is 135 Å². The number of ketones is 1. The standard InChI is InChI=1S/C19H21N3O/c23-17-9-20-15-10-22(12-5-2-1-3-6-12)11-16-19(15)18-13(17)7-4-8-14(18)21-16/h4,7-8,12,21H,1-3,5-6,9-11H2. The zero-order chi connectivity index (χ0) is 15.4. The van der Waals surface area contributed by atoms with Crippen LogP contribution in [0.2, 0.25) is 0 Å². The Balaban J connectivity index is 1.64. The van der Waals surface area contributed by atoms with Gasteiger partial charge in [-0.05, 0) is 18.9 Å². The topological polar surface area (TPSA) is 48.5 Å². The van der Waals surface area contributed by atoms with E-state index < -0.39 is 0 Å². The molecule has 5 rings (SSSR count). The highest BCUT2D eigenvalue weighted by molar-refractivity contribution is 6.22. The van der Waals surface area contributed by atoms with Gasteiger partial charge in [0.25, 0.3) is 0 Å². The van der Waals surface area contributed by atoms with E-state index in [4.69, 9.17) is 4.99 Å². The van der Waals surface area contributed by atoms with Crippen molar-refractivity contribution in [3.8, 4) is 0 Å². The number of rotatable bonds is 1. The lowest BCUT2D eigenvalue weighted by atomic mass is 9.91. The van der Waals surface area contributed by atoms with Gasteiger partial charge in [-0.2, -0.15) is 0 Å². The van der Waals surface area contributed by atoms with Gasteiger partial charge in [-0.1, -0.05) is 31.4 Å². The molecule has 0 amide bonds. The fourth-order valence-corrected chi connectivity index (χ4v) is 4.59. The molecule has 3 heterocycles. The Morgan fingerprint density at radius 1 is 1.13 bits per heavy atom. The Bertz CT molecular complexity index is 826. The third kappa shape index (κ3) is 2.01. The summed E-state index contributed by atoms with van der Waals surface area (Å²) in [6.07, 6.45) is 6.66. The van der Waals surface area contributed by atoms with Crippen LogP contribution >= 0.6 is 0 Å². The first-order valence-electron chi connectivity index (χ1n) is 8.76. The van der Waals surface area contributed by atoms with Crippen molar-refractivity contribution in [3.05, 3.63) is 35.0 Å². The minimum Gasteiger partial charge on any atom is -0.357 e. The molecule has 0 spiro atoms. The third-order valence-electron chi connectivity index (χ3n) is 5.71. The lowest BCUT2D eigenvalue weighted by Crippen LogP contribution is -2.43. The fraction of sp³-hybridized carbons (Fsp3) is 0.474. The normalized spacial score (nSPS) is 22.3. The Morgan fingerprint density at radius 3 is 2.87 bits per heavy atom. The summed E-state index contributed by atoms with van der Waals surface area (Å²) in [7, 11) is 0. The molecule has 1 fully saturated rings. The van der Waals surface area contributed by atoms with Gasteiger partial charge in [-0.25, -0.2) is 0 Å². The average molecular weight is 307 g/mol. The first-order chi connectivity index (χ1) is 11.3. The van der Waals surface area contributed by atoms with Crippen molar-refractivity contribution in [3.63, 3.8) is 0 Å². The van der Waals surface area contributed by atoms with E-state index in [0.717, 1.165) is 35.3 Å². The summed E-state index contributed by atoms with van der Waals surface area (Å²) in [5.74, 6) is 0.142. The van der Waals surface area contributed by atoms with E-state index in [-0.39, 0.29) is 5.78 Å². The molecule has 4 nitrogen and oxygen atoms in total. The molecule has 0 unspecified atom stereocenters. The number of carbonyl (C=O) groups is 1. The molecule has 1 N–H and O–H groups in total. The highest BCUT2D eigenvalue weighted by Crippen LogP contribution is 2.34. The van der Waals surface area contributed by atoms with Crippen LogP contribution in [0.5, 0.6) is 0 Å². The van der Waals surface area contributed by atoms with Crippen LogP contribution in [-0.4, -0.2) is 40.5 Å². The molecule has 2 aliphatic heterocycles. The maximum atomic E-state index is 12.4. The summed E-state index contributed by atoms with van der Waals surface area (Å²) in [6, 6.07) is 6.68. The molecule has 3 aliphatic rings. The largest absolute Gasteiger partial charge is 0.357 e. The maximum absolute atomic E-state index is 12.4. The Hall–Kier alpha value is -1.94. The number of aromatic nitrogens is 1. The molecule has 1 saturated carbocycles.